The molecule has 1 saturated heterocycles. The van der Waals surface area contributed by atoms with Crippen LogP contribution in [-0.4, -0.2) is 63.5 Å². The zero-order valence-corrected chi connectivity index (χ0v) is 15.9. The molecule has 7 nitrogen and oxygen atoms in total. The maximum absolute atomic E-state index is 12.9. The summed E-state index contributed by atoms with van der Waals surface area (Å²) in [6, 6.07) is 4.82. The average Bonchev–Trinajstić information content (AvgIpc) is 2.65. The maximum Gasteiger partial charge on any atom is 0.317 e. The van der Waals surface area contributed by atoms with Crippen molar-refractivity contribution in [2.24, 2.45) is 0 Å². The molecule has 0 aliphatic carbocycles. The summed E-state index contributed by atoms with van der Waals surface area (Å²) in [5, 5.41) is 2.82. The zero-order valence-electron chi connectivity index (χ0n) is 15.1. The first-order valence-electron chi connectivity index (χ1n) is 8.63. The van der Waals surface area contributed by atoms with Crippen molar-refractivity contribution >= 4 is 16.1 Å². The third-order valence-corrected chi connectivity index (χ3v) is 6.22. The summed E-state index contributed by atoms with van der Waals surface area (Å²) < 4.78 is 32.4. The Bertz CT molecular complexity index is 698. The molecule has 0 bridgehead atoms. The van der Waals surface area contributed by atoms with E-state index in [1.165, 1.54) is 4.31 Å². The van der Waals surface area contributed by atoms with Crippen molar-refractivity contribution in [3.8, 4) is 5.75 Å². The second-order valence-corrected chi connectivity index (χ2v) is 7.89. The van der Waals surface area contributed by atoms with Crippen LogP contribution in [0.2, 0.25) is 0 Å². The van der Waals surface area contributed by atoms with Gasteiger partial charge in [-0.25, -0.2) is 13.2 Å². The predicted octanol–water partition coefficient (Wildman–Crippen LogP) is 1.68. The van der Waals surface area contributed by atoms with E-state index in [-0.39, 0.29) is 10.9 Å². The number of amides is 2. The van der Waals surface area contributed by atoms with Gasteiger partial charge in [0.25, 0.3) is 0 Å². The van der Waals surface area contributed by atoms with Gasteiger partial charge in [0.15, 0.2) is 0 Å². The number of sulfonamides is 1. The van der Waals surface area contributed by atoms with Crippen molar-refractivity contribution in [1.82, 2.24) is 14.5 Å². The van der Waals surface area contributed by atoms with Crippen LogP contribution in [0.3, 0.4) is 0 Å². The van der Waals surface area contributed by atoms with E-state index < -0.39 is 10.0 Å². The molecular weight excluding hydrogens is 342 g/mol. The number of hydrogen-bond acceptors (Lipinski definition) is 4. The van der Waals surface area contributed by atoms with E-state index in [0.717, 1.165) is 12.0 Å². The maximum atomic E-state index is 12.9. The third kappa shape index (κ3) is 4.43. The van der Waals surface area contributed by atoms with Gasteiger partial charge in [0.05, 0.1) is 12.0 Å². The molecule has 8 heteroatoms. The van der Waals surface area contributed by atoms with Crippen LogP contribution in [-0.2, 0) is 16.4 Å². The molecule has 0 unspecified atom stereocenters. The van der Waals surface area contributed by atoms with Gasteiger partial charge in [-0.05, 0) is 36.6 Å². The molecular formula is C17H27N3O4S. The lowest BCUT2D eigenvalue weighted by Gasteiger charge is -2.34. The Morgan fingerprint density at radius 1 is 1.20 bits per heavy atom. The molecule has 1 aromatic rings. The van der Waals surface area contributed by atoms with Crippen LogP contribution in [0.5, 0.6) is 5.75 Å². The van der Waals surface area contributed by atoms with E-state index >= 15 is 0 Å². The van der Waals surface area contributed by atoms with Crippen LogP contribution in [0.25, 0.3) is 0 Å². The molecule has 2 rings (SSSR count). The standard InChI is InChI=1S/C17H27N3O4S/c1-4-8-18-17(21)19-9-11-20(12-10-19)25(22,23)15-6-7-16(24-3)14(5-2)13-15/h6-7,13H,4-5,8-12H2,1-3H3,(H,18,21). The summed E-state index contributed by atoms with van der Waals surface area (Å²) in [7, 11) is -1.99. The van der Waals surface area contributed by atoms with Crippen molar-refractivity contribution in [2.75, 3.05) is 39.8 Å². The smallest absolute Gasteiger partial charge is 0.317 e. The Morgan fingerprint density at radius 3 is 2.44 bits per heavy atom. The first-order chi connectivity index (χ1) is 11.9. The van der Waals surface area contributed by atoms with Crippen molar-refractivity contribution in [3.05, 3.63) is 23.8 Å². The number of benzene rings is 1. The highest BCUT2D eigenvalue weighted by molar-refractivity contribution is 7.89. The van der Waals surface area contributed by atoms with Gasteiger partial charge in [-0.15, -0.1) is 0 Å². The summed E-state index contributed by atoms with van der Waals surface area (Å²) in [5.41, 5.74) is 0.862. The topological polar surface area (TPSA) is 79.0 Å². The number of carbonyl (C=O) groups excluding carboxylic acids is 1. The normalized spacial score (nSPS) is 15.9. The van der Waals surface area contributed by atoms with Crippen LogP contribution in [0, 0.1) is 0 Å². The Kier molecular flexibility index (Phi) is 6.66. The number of ether oxygens (including phenoxy) is 1. The summed E-state index contributed by atoms with van der Waals surface area (Å²) in [5.74, 6) is 0.693. The molecule has 0 atom stereocenters. The molecule has 2 amide bonds. The van der Waals surface area contributed by atoms with Gasteiger partial charge in [0.1, 0.15) is 5.75 Å². The highest BCUT2D eigenvalue weighted by Crippen LogP contribution is 2.25. The predicted molar refractivity (Wildman–Crippen MR) is 96.4 cm³/mol. The molecule has 1 fully saturated rings. The lowest BCUT2D eigenvalue weighted by Crippen LogP contribution is -2.53. The van der Waals surface area contributed by atoms with Crippen LogP contribution in [0.4, 0.5) is 4.79 Å². The molecule has 140 valence electrons. The Morgan fingerprint density at radius 2 is 1.88 bits per heavy atom. The number of hydrogen-bond donors (Lipinski definition) is 1. The molecule has 1 N–H and O–H groups in total. The summed E-state index contributed by atoms with van der Waals surface area (Å²) in [6.45, 7) is 5.97. The molecule has 0 saturated carbocycles. The van der Waals surface area contributed by atoms with Crippen LogP contribution >= 0.6 is 0 Å². The molecule has 25 heavy (non-hydrogen) atoms. The molecule has 1 aromatic carbocycles. The number of nitrogens with zero attached hydrogens (tertiary/aromatic N) is 2. The van der Waals surface area contributed by atoms with Crippen molar-refractivity contribution in [3.63, 3.8) is 0 Å². The number of carbonyl (C=O) groups is 1. The fourth-order valence-electron chi connectivity index (χ4n) is 2.82. The second kappa shape index (κ2) is 8.53. The lowest BCUT2D eigenvalue weighted by atomic mass is 10.1. The minimum Gasteiger partial charge on any atom is -0.496 e. The summed E-state index contributed by atoms with van der Waals surface area (Å²) in [4.78, 5) is 13.9. The minimum absolute atomic E-state index is 0.128. The highest BCUT2D eigenvalue weighted by Gasteiger charge is 2.30. The number of rotatable bonds is 6. The Hall–Kier alpha value is -1.80. The van der Waals surface area contributed by atoms with Gasteiger partial charge in [-0.1, -0.05) is 13.8 Å². The van der Waals surface area contributed by atoms with Crippen LogP contribution in [0.15, 0.2) is 23.1 Å². The largest absolute Gasteiger partial charge is 0.496 e. The van der Waals surface area contributed by atoms with Gasteiger partial charge >= 0.3 is 6.03 Å². The molecule has 1 heterocycles. The summed E-state index contributed by atoms with van der Waals surface area (Å²) in [6.07, 6.45) is 1.56. The minimum atomic E-state index is -3.57. The number of piperazine rings is 1. The zero-order chi connectivity index (χ0) is 18.4. The molecule has 0 spiro atoms. The quantitative estimate of drug-likeness (QED) is 0.827. The van der Waals surface area contributed by atoms with Gasteiger partial charge in [-0.2, -0.15) is 4.31 Å². The molecule has 0 aromatic heterocycles. The summed E-state index contributed by atoms with van der Waals surface area (Å²) >= 11 is 0. The first kappa shape index (κ1) is 19.5. The lowest BCUT2D eigenvalue weighted by molar-refractivity contribution is 0.172. The monoisotopic (exact) mass is 369 g/mol. The van der Waals surface area contributed by atoms with Gasteiger partial charge in [0.2, 0.25) is 10.0 Å². The number of methoxy groups -OCH3 is 1. The van der Waals surface area contributed by atoms with Crippen molar-refractivity contribution < 1.29 is 17.9 Å². The van der Waals surface area contributed by atoms with E-state index in [1.807, 2.05) is 13.8 Å². The average molecular weight is 369 g/mol. The second-order valence-electron chi connectivity index (χ2n) is 5.95. The van der Waals surface area contributed by atoms with Gasteiger partial charge in [0, 0.05) is 32.7 Å². The first-order valence-corrected chi connectivity index (χ1v) is 10.1. The van der Waals surface area contributed by atoms with E-state index in [0.29, 0.717) is 44.9 Å². The fourth-order valence-corrected chi connectivity index (χ4v) is 4.29. The highest BCUT2D eigenvalue weighted by atomic mass is 32.2. The van der Waals surface area contributed by atoms with E-state index in [9.17, 15) is 13.2 Å². The van der Waals surface area contributed by atoms with Crippen LogP contribution < -0.4 is 10.1 Å². The number of aryl methyl sites for hydroxylation is 1. The van der Waals surface area contributed by atoms with Gasteiger partial charge < -0.3 is 15.0 Å². The van der Waals surface area contributed by atoms with E-state index in [1.54, 1.807) is 30.2 Å². The van der Waals surface area contributed by atoms with Crippen LogP contribution in [0.1, 0.15) is 25.8 Å². The molecule has 1 aliphatic rings. The molecule has 1 aliphatic heterocycles. The Balaban J connectivity index is 2.08. The molecule has 0 radical (unpaired) electrons. The Labute approximate surface area is 150 Å². The number of nitrogens with one attached hydrogen (secondary N) is 1. The number of urea groups is 1. The van der Waals surface area contributed by atoms with Crippen molar-refractivity contribution in [1.29, 1.82) is 0 Å². The van der Waals surface area contributed by atoms with E-state index in [2.05, 4.69) is 5.32 Å². The van der Waals surface area contributed by atoms with Gasteiger partial charge in [-0.3, -0.25) is 0 Å². The van der Waals surface area contributed by atoms with Crippen molar-refractivity contribution in [2.45, 2.75) is 31.6 Å². The third-order valence-electron chi connectivity index (χ3n) is 4.32. The van der Waals surface area contributed by atoms with E-state index in [4.69, 9.17) is 4.74 Å². The fraction of sp³-hybridized carbons (Fsp3) is 0.588. The SMILES string of the molecule is CCCNC(=O)N1CCN(S(=O)(=O)c2ccc(OC)c(CC)c2)CC1.